The first-order valence-electron chi connectivity index (χ1n) is 24.6. The van der Waals surface area contributed by atoms with Crippen LogP contribution >= 0.6 is 0 Å². The predicted octanol–water partition coefficient (Wildman–Crippen LogP) is 13.7. The van der Waals surface area contributed by atoms with Crippen molar-refractivity contribution in [1.82, 2.24) is 9.13 Å². The maximum atomic E-state index is 6.86. The van der Waals surface area contributed by atoms with Crippen LogP contribution in [0, 0.1) is 0 Å². The van der Waals surface area contributed by atoms with Crippen molar-refractivity contribution in [3.63, 3.8) is 0 Å². The molecule has 0 saturated heterocycles. The van der Waals surface area contributed by atoms with Gasteiger partial charge in [-0.1, -0.05) is 206 Å². The van der Waals surface area contributed by atoms with E-state index in [2.05, 4.69) is 276 Å². The molecule has 0 unspecified atom stereocenters. The van der Waals surface area contributed by atoms with Crippen molar-refractivity contribution in [1.29, 1.82) is 0 Å². The van der Waals surface area contributed by atoms with Crippen molar-refractivity contribution in [2.75, 3.05) is 0 Å². The average Bonchev–Trinajstić information content (AvgIpc) is 4.06. The molecule has 0 amide bonds. The van der Waals surface area contributed by atoms with Gasteiger partial charge in [-0.15, -0.1) is 0 Å². The molecule has 4 heteroatoms. The van der Waals surface area contributed by atoms with Crippen LogP contribution in [0.25, 0.3) is 66.1 Å². The van der Waals surface area contributed by atoms with Crippen LogP contribution in [-0.4, -0.2) is 17.2 Å². The van der Waals surface area contributed by atoms with Crippen LogP contribution in [0.5, 0.6) is 11.5 Å². The Morgan fingerprint density at radius 1 is 0.282 bits per heavy atom. The van der Waals surface area contributed by atoms with Crippen molar-refractivity contribution < 1.29 is 4.74 Å². The second kappa shape index (κ2) is 15.3. The van der Waals surface area contributed by atoms with E-state index in [1.807, 2.05) is 0 Å². The lowest BCUT2D eigenvalue weighted by Crippen LogP contribution is -2.74. The lowest BCUT2D eigenvalue weighted by Gasteiger charge is -2.39. The van der Waals surface area contributed by atoms with Gasteiger partial charge in [-0.25, -0.2) is 0 Å². The molecule has 332 valence electrons. The van der Waals surface area contributed by atoms with Crippen molar-refractivity contribution >= 4 is 72.4 Å². The topological polar surface area (TPSA) is 19.1 Å². The van der Waals surface area contributed by atoms with Crippen LogP contribution < -0.4 is 25.5 Å². The minimum atomic E-state index is -2.81. The largest absolute Gasteiger partial charge is 0.457 e. The fourth-order valence-electron chi connectivity index (χ4n) is 12.9. The minimum absolute atomic E-state index is 0.559. The monoisotopic (exact) mass is 920 g/mol. The number of fused-ring (bicyclic) bond motifs is 15. The lowest BCUT2D eigenvalue weighted by atomic mass is 9.66. The maximum Gasteiger partial charge on any atom is 0.179 e. The highest BCUT2D eigenvalue weighted by Crippen LogP contribution is 2.62. The van der Waals surface area contributed by atoms with Gasteiger partial charge >= 0.3 is 0 Å². The van der Waals surface area contributed by atoms with Crippen LogP contribution in [0.2, 0.25) is 0 Å². The molecule has 3 nitrogen and oxygen atoms in total. The minimum Gasteiger partial charge on any atom is -0.457 e. The Bertz CT molecular complexity index is 4120. The molecular formula is C67H44N2OSi. The zero-order valence-electron chi connectivity index (χ0n) is 38.7. The SMILES string of the molecule is c1ccc([Si](c2ccccc2)(c2ccccc2)c2ccc3c4ccccc4n(-c4ccc5c(c4)c4ccccc4n5-c4ccc5c(c4)C4(c6ccccc6O5)c5ccccc5-c5ccccc54)c3c2)cc1. The molecule has 0 saturated carbocycles. The quantitative estimate of drug-likeness (QED) is 0.120. The summed E-state index contributed by atoms with van der Waals surface area (Å²) in [5.74, 6) is 1.78. The van der Waals surface area contributed by atoms with Crippen molar-refractivity contribution in [2.45, 2.75) is 5.41 Å². The van der Waals surface area contributed by atoms with Gasteiger partial charge in [-0.2, -0.15) is 0 Å². The number of rotatable bonds is 6. The van der Waals surface area contributed by atoms with Crippen LogP contribution in [0.3, 0.4) is 0 Å². The van der Waals surface area contributed by atoms with Crippen LogP contribution in [-0.2, 0) is 5.41 Å². The number of aromatic nitrogens is 2. The fraction of sp³-hybridized carbons (Fsp3) is 0.0149. The van der Waals surface area contributed by atoms with Gasteiger partial charge in [-0.05, 0) is 104 Å². The van der Waals surface area contributed by atoms with E-state index in [9.17, 15) is 0 Å². The van der Waals surface area contributed by atoms with Gasteiger partial charge in [0.2, 0.25) is 0 Å². The lowest BCUT2D eigenvalue weighted by molar-refractivity contribution is 0.436. The summed E-state index contributed by atoms with van der Waals surface area (Å²) in [6, 6.07) is 99.2. The second-order valence-electron chi connectivity index (χ2n) is 19.1. The first kappa shape index (κ1) is 40.0. The van der Waals surface area contributed by atoms with Gasteiger partial charge in [0.25, 0.3) is 0 Å². The van der Waals surface area contributed by atoms with Crippen molar-refractivity contribution in [3.05, 3.63) is 289 Å². The average molecular weight is 921 g/mol. The summed E-state index contributed by atoms with van der Waals surface area (Å²) in [6.45, 7) is 0. The molecule has 15 rings (SSSR count). The van der Waals surface area contributed by atoms with E-state index in [0.29, 0.717) is 0 Å². The van der Waals surface area contributed by atoms with Gasteiger partial charge in [-0.3, -0.25) is 0 Å². The standard InChI is InChI=1S/C67H44N2OSi/c1-4-20-47(21-5-1)71(48-22-6-2-7-23-48,49-24-8-3-9-25-49)50-38-39-55-53-28-12-17-33-61(53)69(64(55)44-50)45-36-40-63-56(42-45)54-29-13-18-34-62(54)68(63)46-37-41-66-60(43-46)67(59-32-16-19-35-65(59)70-66)57-30-14-10-26-51(57)52-27-11-15-31-58(52)67/h1-44H. The third-order valence-corrected chi connectivity index (χ3v) is 20.5. The van der Waals surface area contributed by atoms with E-state index in [4.69, 9.17) is 4.74 Å². The molecular weight excluding hydrogens is 877 g/mol. The number of nitrogens with zero attached hydrogens (tertiary/aromatic N) is 2. The molecule has 71 heavy (non-hydrogen) atoms. The summed E-state index contributed by atoms with van der Waals surface area (Å²) in [5, 5.41) is 10.3. The summed E-state index contributed by atoms with van der Waals surface area (Å²) in [4.78, 5) is 0. The third-order valence-electron chi connectivity index (χ3n) is 15.7. The van der Waals surface area contributed by atoms with Crippen LogP contribution in [0.1, 0.15) is 22.3 Å². The first-order valence-corrected chi connectivity index (χ1v) is 26.6. The molecule has 0 atom stereocenters. The number of para-hydroxylation sites is 3. The summed E-state index contributed by atoms with van der Waals surface area (Å²) >= 11 is 0. The molecule has 13 aromatic rings. The Labute approximate surface area is 412 Å². The molecule has 3 heterocycles. The number of hydrogen-bond acceptors (Lipinski definition) is 1. The Kier molecular flexibility index (Phi) is 8.60. The predicted molar refractivity (Wildman–Crippen MR) is 296 cm³/mol. The molecule has 0 fully saturated rings. The summed E-state index contributed by atoms with van der Waals surface area (Å²) in [6.07, 6.45) is 0. The molecule has 1 aliphatic heterocycles. The van der Waals surface area contributed by atoms with E-state index in [1.54, 1.807) is 0 Å². The molecule has 2 aromatic heterocycles. The summed E-state index contributed by atoms with van der Waals surface area (Å²) < 4.78 is 11.8. The molecule has 1 spiro atoms. The third kappa shape index (κ3) is 5.48. The van der Waals surface area contributed by atoms with Crippen molar-refractivity contribution in [3.8, 4) is 34.0 Å². The van der Waals surface area contributed by atoms with Gasteiger partial charge in [0.05, 0.1) is 27.5 Å². The van der Waals surface area contributed by atoms with E-state index in [0.717, 1.165) is 39.5 Å². The number of benzene rings is 11. The summed E-state index contributed by atoms with van der Waals surface area (Å²) in [5.41, 5.74) is 13.8. The summed E-state index contributed by atoms with van der Waals surface area (Å²) in [7, 11) is -2.81. The maximum absolute atomic E-state index is 6.86. The van der Waals surface area contributed by atoms with Gasteiger partial charge in [0.1, 0.15) is 11.5 Å². The van der Waals surface area contributed by atoms with Crippen LogP contribution in [0.15, 0.2) is 267 Å². The van der Waals surface area contributed by atoms with E-state index >= 15 is 0 Å². The Hall–Kier alpha value is -8.96. The Balaban J connectivity index is 0.962. The van der Waals surface area contributed by atoms with E-state index < -0.39 is 13.5 Å². The molecule has 11 aromatic carbocycles. The van der Waals surface area contributed by atoms with Crippen LogP contribution in [0.4, 0.5) is 0 Å². The molecule has 0 N–H and O–H groups in total. The Morgan fingerprint density at radius 3 is 1.37 bits per heavy atom. The number of ether oxygens (including phenoxy) is 1. The zero-order valence-corrected chi connectivity index (χ0v) is 39.7. The fourth-order valence-corrected chi connectivity index (χ4v) is 17.7. The first-order chi connectivity index (χ1) is 35.2. The highest BCUT2D eigenvalue weighted by molar-refractivity contribution is 7.20. The second-order valence-corrected chi connectivity index (χ2v) is 22.9. The Morgan fingerprint density at radius 2 is 0.732 bits per heavy atom. The van der Waals surface area contributed by atoms with E-state index in [-0.39, 0.29) is 0 Å². The van der Waals surface area contributed by atoms with Gasteiger partial charge < -0.3 is 13.9 Å². The zero-order chi connectivity index (χ0) is 46.7. The molecule has 0 bridgehead atoms. The smallest absolute Gasteiger partial charge is 0.179 e. The molecule has 2 aliphatic rings. The highest BCUT2D eigenvalue weighted by atomic mass is 28.3. The van der Waals surface area contributed by atoms with Gasteiger partial charge in [0, 0.05) is 44.0 Å². The van der Waals surface area contributed by atoms with Gasteiger partial charge in [0.15, 0.2) is 8.07 Å². The molecule has 1 aliphatic carbocycles. The highest BCUT2D eigenvalue weighted by Gasteiger charge is 2.51. The molecule has 0 radical (unpaired) electrons. The number of hydrogen-bond donors (Lipinski definition) is 0. The van der Waals surface area contributed by atoms with Crippen molar-refractivity contribution in [2.24, 2.45) is 0 Å². The van der Waals surface area contributed by atoms with E-state index in [1.165, 1.54) is 81.1 Å². The normalized spacial score (nSPS) is 13.3.